The van der Waals surface area contributed by atoms with Crippen LogP contribution in [0.1, 0.15) is 89.4 Å². The van der Waals surface area contributed by atoms with Crippen molar-refractivity contribution in [3.8, 4) is 0 Å². The van der Waals surface area contributed by atoms with Crippen LogP contribution in [0.5, 0.6) is 0 Å². The molecule has 6 N–H and O–H groups in total. The summed E-state index contributed by atoms with van der Waals surface area (Å²) >= 11 is 0. The van der Waals surface area contributed by atoms with Crippen molar-refractivity contribution in [2.24, 2.45) is 0 Å². The second-order valence-corrected chi connectivity index (χ2v) is 15.5. The van der Waals surface area contributed by atoms with Gasteiger partial charge in [0, 0.05) is 43.2 Å². The summed E-state index contributed by atoms with van der Waals surface area (Å²) in [6.07, 6.45) is 0.125. The molecule has 2 saturated heterocycles. The molecule has 0 spiro atoms. The molecule has 2 aliphatic rings. The first kappa shape index (κ1) is 39.1. The van der Waals surface area contributed by atoms with Crippen molar-refractivity contribution < 1.29 is 24.5 Å². The summed E-state index contributed by atoms with van der Waals surface area (Å²) in [5.41, 5.74) is 3.10. The molecule has 4 aromatic rings. The molecule has 0 unspecified atom stereocenters. The van der Waals surface area contributed by atoms with E-state index in [0.717, 1.165) is 30.5 Å². The van der Waals surface area contributed by atoms with Gasteiger partial charge in [-0.2, -0.15) is 0 Å². The molecular formula is C40H55N9O5. The van der Waals surface area contributed by atoms with Crippen molar-refractivity contribution >= 4 is 28.9 Å². The van der Waals surface area contributed by atoms with Gasteiger partial charge in [0.15, 0.2) is 29.0 Å². The molecule has 4 atom stereocenters. The SMILES string of the molecule is CCNC(=O)C[C@@H]1O[C@@H](n2cnc3c(NCC(c4ccccc4)c4ccccc4)nc(CNC(=O)NCCN4C(C)(C)CCCC4(C)C)nc32)[C@H](O)[C@@H]1O. The molecule has 2 aliphatic heterocycles. The Labute approximate surface area is 317 Å². The van der Waals surface area contributed by atoms with Gasteiger partial charge >= 0.3 is 6.03 Å². The standard InChI is InChI=1S/C40H55N9O5/c1-6-41-31(50)22-29-33(51)34(52)37(54-29)48-25-45-32-35(43-23-28(26-14-9-7-10-15-26)27-16-11-8-12-17-27)46-30(47-36(32)48)24-44-38(53)42-20-21-49-39(2,3)18-13-19-40(49,4)5/h7-12,14-17,25,28-29,33-34,37,51-52H,6,13,18-24H2,1-5H3,(H,41,50)(H2,42,44,53)(H,43,46,47)/t29-,33+,34+,37+/m0/s1. The van der Waals surface area contributed by atoms with Crippen LogP contribution in [0.4, 0.5) is 10.6 Å². The summed E-state index contributed by atoms with van der Waals surface area (Å²) < 4.78 is 7.62. The van der Waals surface area contributed by atoms with E-state index in [-0.39, 0.29) is 41.9 Å². The van der Waals surface area contributed by atoms with E-state index in [1.165, 1.54) is 12.7 Å². The van der Waals surface area contributed by atoms with Crippen molar-refractivity contribution in [1.82, 2.24) is 40.4 Å². The highest BCUT2D eigenvalue weighted by Gasteiger charge is 2.45. The molecule has 3 amide bonds. The monoisotopic (exact) mass is 741 g/mol. The zero-order chi connectivity index (χ0) is 38.5. The van der Waals surface area contributed by atoms with Crippen molar-refractivity contribution in [2.75, 3.05) is 31.5 Å². The highest BCUT2D eigenvalue weighted by atomic mass is 16.6. The zero-order valence-corrected chi connectivity index (χ0v) is 32.0. The quantitative estimate of drug-likeness (QED) is 0.110. The molecular weight excluding hydrogens is 686 g/mol. The van der Waals surface area contributed by atoms with E-state index in [4.69, 9.17) is 14.7 Å². The molecule has 0 saturated carbocycles. The third-order valence-corrected chi connectivity index (χ3v) is 10.8. The van der Waals surface area contributed by atoms with E-state index < -0.39 is 24.5 Å². The number of amides is 3. The average molecular weight is 742 g/mol. The van der Waals surface area contributed by atoms with Gasteiger partial charge in [-0.05, 0) is 65.0 Å². The number of aliphatic hydroxyl groups is 2. The fourth-order valence-electron chi connectivity index (χ4n) is 8.08. The number of carbonyl (C=O) groups is 2. The number of rotatable bonds is 14. The minimum Gasteiger partial charge on any atom is -0.388 e. The van der Waals surface area contributed by atoms with Crippen molar-refractivity contribution in [3.05, 3.63) is 83.9 Å². The van der Waals surface area contributed by atoms with Gasteiger partial charge in [0.25, 0.3) is 0 Å². The third kappa shape index (κ3) is 8.84. The molecule has 2 fully saturated rings. The summed E-state index contributed by atoms with van der Waals surface area (Å²) in [6, 6.07) is 20.0. The lowest BCUT2D eigenvalue weighted by molar-refractivity contribution is -0.125. The van der Waals surface area contributed by atoms with Gasteiger partial charge in [-0.15, -0.1) is 0 Å². The van der Waals surface area contributed by atoms with Gasteiger partial charge in [-0.1, -0.05) is 60.7 Å². The molecule has 54 heavy (non-hydrogen) atoms. The Bertz CT molecular complexity index is 1810. The van der Waals surface area contributed by atoms with E-state index in [1.807, 2.05) is 36.4 Å². The number of piperidine rings is 1. The van der Waals surface area contributed by atoms with E-state index in [1.54, 1.807) is 11.5 Å². The molecule has 0 radical (unpaired) electrons. The zero-order valence-electron chi connectivity index (χ0n) is 32.0. The summed E-state index contributed by atoms with van der Waals surface area (Å²) in [7, 11) is 0. The fourth-order valence-corrected chi connectivity index (χ4v) is 8.08. The number of carbonyl (C=O) groups excluding carboxylic acids is 2. The number of imidazole rings is 1. The predicted octanol–water partition coefficient (Wildman–Crippen LogP) is 4.06. The normalized spacial score (nSPS) is 22.3. The number of nitrogens with zero attached hydrogens (tertiary/aromatic N) is 5. The van der Waals surface area contributed by atoms with E-state index >= 15 is 0 Å². The van der Waals surface area contributed by atoms with Crippen LogP contribution in [-0.2, 0) is 16.1 Å². The van der Waals surface area contributed by atoms with Crippen LogP contribution < -0.4 is 21.3 Å². The van der Waals surface area contributed by atoms with Crippen LogP contribution in [0.2, 0.25) is 0 Å². The maximum Gasteiger partial charge on any atom is 0.315 e. The van der Waals surface area contributed by atoms with Gasteiger partial charge in [-0.3, -0.25) is 14.3 Å². The number of nitrogens with one attached hydrogen (secondary N) is 4. The molecule has 14 nitrogen and oxygen atoms in total. The van der Waals surface area contributed by atoms with Crippen molar-refractivity contribution in [2.45, 2.75) is 108 Å². The van der Waals surface area contributed by atoms with Crippen LogP contribution in [0.25, 0.3) is 11.2 Å². The molecule has 0 aliphatic carbocycles. The lowest BCUT2D eigenvalue weighted by atomic mass is 9.80. The van der Waals surface area contributed by atoms with Gasteiger partial charge in [0.1, 0.15) is 12.2 Å². The van der Waals surface area contributed by atoms with Crippen LogP contribution in [0, 0.1) is 0 Å². The van der Waals surface area contributed by atoms with Gasteiger partial charge in [0.2, 0.25) is 5.91 Å². The molecule has 2 aromatic heterocycles. The molecule has 4 heterocycles. The maximum absolute atomic E-state index is 13.1. The topological polar surface area (TPSA) is 179 Å². The first-order valence-corrected chi connectivity index (χ1v) is 19.0. The minimum absolute atomic E-state index is 0.0135. The first-order chi connectivity index (χ1) is 25.9. The van der Waals surface area contributed by atoms with Crippen LogP contribution in [-0.4, -0.2) is 102 Å². The van der Waals surface area contributed by atoms with Crippen LogP contribution >= 0.6 is 0 Å². The highest BCUT2D eigenvalue weighted by molar-refractivity contribution is 5.83. The third-order valence-electron chi connectivity index (χ3n) is 10.8. The minimum atomic E-state index is -1.35. The number of likely N-dealkylation sites (tertiary alicyclic amines) is 1. The van der Waals surface area contributed by atoms with Gasteiger partial charge in [0.05, 0.1) is 25.4 Å². The molecule has 14 heteroatoms. The number of hydrogen-bond acceptors (Lipinski definition) is 10. The number of anilines is 1. The Balaban J connectivity index is 1.24. The lowest BCUT2D eigenvalue weighted by Crippen LogP contribution is -2.60. The Kier molecular flexibility index (Phi) is 12.2. The highest BCUT2D eigenvalue weighted by Crippen LogP contribution is 2.38. The number of fused-ring (bicyclic) bond motifs is 1. The van der Waals surface area contributed by atoms with Crippen molar-refractivity contribution in [3.63, 3.8) is 0 Å². The number of hydrogen-bond donors (Lipinski definition) is 6. The molecule has 290 valence electrons. The smallest absolute Gasteiger partial charge is 0.315 e. The number of ether oxygens (including phenoxy) is 1. The largest absolute Gasteiger partial charge is 0.388 e. The first-order valence-electron chi connectivity index (χ1n) is 19.0. The second kappa shape index (κ2) is 16.8. The molecule has 0 bridgehead atoms. The van der Waals surface area contributed by atoms with Crippen LogP contribution in [0.15, 0.2) is 67.0 Å². The Morgan fingerprint density at radius 3 is 2.19 bits per heavy atom. The molecule has 2 aromatic carbocycles. The second-order valence-electron chi connectivity index (χ2n) is 15.5. The van der Waals surface area contributed by atoms with E-state index in [9.17, 15) is 19.8 Å². The maximum atomic E-state index is 13.1. The lowest BCUT2D eigenvalue weighted by Gasteiger charge is -2.53. The summed E-state index contributed by atoms with van der Waals surface area (Å²) in [4.78, 5) is 42.1. The van der Waals surface area contributed by atoms with E-state index in [2.05, 4.69) is 83.1 Å². The predicted molar refractivity (Wildman–Crippen MR) is 207 cm³/mol. The fraction of sp³-hybridized carbons (Fsp3) is 0.525. The van der Waals surface area contributed by atoms with Gasteiger partial charge in [-0.25, -0.2) is 19.7 Å². The summed E-state index contributed by atoms with van der Waals surface area (Å²) in [5, 5.41) is 34.1. The Morgan fingerprint density at radius 2 is 1.56 bits per heavy atom. The molecule has 6 rings (SSSR count). The van der Waals surface area contributed by atoms with E-state index in [0.29, 0.717) is 42.4 Å². The number of aromatic nitrogens is 4. The van der Waals surface area contributed by atoms with Crippen LogP contribution in [0.3, 0.4) is 0 Å². The number of benzene rings is 2. The van der Waals surface area contributed by atoms with Crippen molar-refractivity contribution in [1.29, 1.82) is 0 Å². The summed E-state index contributed by atoms with van der Waals surface area (Å²) in [5.74, 6) is 0.435. The Morgan fingerprint density at radius 1 is 0.907 bits per heavy atom. The summed E-state index contributed by atoms with van der Waals surface area (Å²) in [6.45, 7) is 13.0. The average Bonchev–Trinajstić information content (AvgIpc) is 3.69. The Hall–Kier alpha value is -4.63. The number of aliphatic hydroxyl groups excluding tert-OH is 2. The van der Waals surface area contributed by atoms with Gasteiger partial charge < -0.3 is 36.2 Å². The number of urea groups is 1.